The molecule has 1 atom stereocenters. The Labute approximate surface area is 206 Å². The number of carbonyl (C=O) groups is 1. The lowest BCUT2D eigenvalue weighted by molar-refractivity contribution is -0.121. The maximum absolute atomic E-state index is 12.0. The highest BCUT2D eigenvalue weighted by Gasteiger charge is 2.31. The van der Waals surface area contributed by atoms with Gasteiger partial charge in [-0.15, -0.1) is 0 Å². The molecular weight excluding hydrogens is 444 g/mol. The van der Waals surface area contributed by atoms with Crippen molar-refractivity contribution in [2.45, 2.75) is 19.4 Å². The topological polar surface area (TPSA) is 70.3 Å². The molecule has 0 spiro atoms. The number of carbonyl (C=O) groups excluding carboxylic acids is 1. The average molecular weight is 479 g/mol. The van der Waals surface area contributed by atoms with Crippen LogP contribution >= 0.6 is 0 Å². The highest BCUT2D eigenvalue weighted by atomic mass is 16.5. The molecule has 5 rings (SSSR count). The number of amides is 1. The Morgan fingerprint density at radius 3 is 2.57 bits per heavy atom. The minimum absolute atomic E-state index is 0.00487. The van der Waals surface area contributed by atoms with Crippen LogP contribution in [0.1, 0.15) is 24.1 Å². The van der Waals surface area contributed by atoms with Crippen LogP contribution in [0.15, 0.2) is 36.5 Å². The van der Waals surface area contributed by atoms with Crippen molar-refractivity contribution in [3.8, 4) is 17.2 Å². The predicted molar refractivity (Wildman–Crippen MR) is 137 cm³/mol. The van der Waals surface area contributed by atoms with Gasteiger partial charge in [-0.3, -0.25) is 9.69 Å². The van der Waals surface area contributed by atoms with E-state index in [0.717, 1.165) is 74.9 Å². The second kappa shape index (κ2) is 10.1. The molecule has 8 heteroatoms. The SMILES string of the molecule is CCOc1cc2c(cc1OC)CCN(C=O)[C@H]2CN1CCN(c2c[nH]c3ccc(OC)cc23)CC1. The van der Waals surface area contributed by atoms with Gasteiger partial charge < -0.3 is 29.0 Å². The number of aromatic amines is 1. The number of anilines is 1. The Balaban J connectivity index is 1.32. The number of methoxy groups -OCH3 is 2. The summed E-state index contributed by atoms with van der Waals surface area (Å²) in [5, 5.41) is 1.18. The van der Waals surface area contributed by atoms with E-state index in [1.165, 1.54) is 22.2 Å². The fourth-order valence-electron chi connectivity index (χ4n) is 5.38. The van der Waals surface area contributed by atoms with Gasteiger partial charge in [0.1, 0.15) is 5.75 Å². The molecule has 2 aliphatic heterocycles. The lowest BCUT2D eigenvalue weighted by Crippen LogP contribution is -2.50. The second-order valence-corrected chi connectivity index (χ2v) is 9.12. The Hall–Kier alpha value is -3.39. The Kier molecular flexibility index (Phi) is 6.72. The van der Waals surface area contributed by atoms with Crippen LogP contribution in [0.5, 0.6) is 17.2 Å². The van der Waals surface area contributed by atoms with E-state index >= 15 is 0 Å². The predicted octanol–water partition coefficient (Wildman–Crippen LogP) is 3.46. The van der Waals surface area contributed by atoms with Gasteiger partial charge >= 0.3 is 0 Å². The number of piperazine rings is 1. The van der Waals surface area contributed by atoms with Gasteiger partial charge in [0.15, 0.2) is 11.5 Å². The molecule has 1 amide bonds. The van der Waals surface area contributed by atoms with Gasteiger partial charge in [-0.25, -0.2) is 0 Å². The lowest BCUT2D eigenvalue weighted by atomic mass is 9.91. The third-order valence-corrected chi connectivity index (χ3v) is 7.27. The first-order valence-electron chi connectivity index (χ1n) is 12.3. The van der Waals surface area contributed by atoms with Crippen LogP contribution in [-0.4, -0.2) is 81.3 Å². The molecule has 1 aromatic heterocycles. The number of fused-ring (bicyclic) bond motifs is 2. The van der Waals surface area contributed by atoms with E-state index in [1.54, 1.807) is 14.2 Å². The first-order valence-corrected chi connectivity index (χ1v) is 12.3. The summed E-state index contributed by atoms with van der Waals surface area (Å²) in [7, 11) is 3.37. The summed E-state index contributed by atoms with van der Waals surface area (Å²) in [5.41, 5.74) is 4.73. The number of aromatic nitrogens is 1. The normalized spacial score (nSPS) is 18.4. The first kappa shape index (κ1) is 23.4. The summed E-state index contributed by atoms with van der Waals surface area (Å²) in [6, 6.07) is 10.3. The van der Waals surface area contributed by atoms with Gasteiger partial charge in [0.2, 0.25) is 6.41 Å². The van der Waals surface area contributed by atoms with Crippen LogP contribution < -0.4 is 19.1 Å². The Bertz CT molecular complexity index is 1190. The van der Waals surface area contributed by atoms with E-state index in [9.17, 15) is 4.79 Å². The van der Waals surface area contributed by atoms with Crippen molar-refractivity contribution >= 4 is 23.0 Å². The van der Waals surface area contributed by atoms with Crippen LogP contribution in [0.3, 0.4) is 0 Å². The van der Waals surface area contributed by atoms with E-state index in [0.29, 0.717) is 6.61 Å². The number of nitrogens with zero attached hydrogens (tertiary/aromatic N) is 3. The summed E-state index contributed by atoms with van der Waals surface area (Å²) in [4.78, 5) is 22.2. The Morgan fingerprint density at radius 2 is 1.86 bits per heavy atom. The van der Waals surface area contributed by atoms with Crippen molar-refractivity contribution in [1.82, 2.24) is 14.8 Å². The monoisotopic (exact) mass is 478 g/mol. The number of rotatable bonds is 8. The molecule has 0 saturated carbocycles. The molecule has 2 aromatic carbocycles. The zero-order valence-electron chi connectivity index (χ0n) is 20.8. The molecule has 186 valence electrons. The number of hydrogen-bond donors (Lipinski definition) is 1. The molecule has 0 aliphatic carbocycles. The molecular formula is C27H34N4O4. The molecule has 0 unspecified atom stereocenters. The molecule has 35 heavy (non-hydrogen) atoms. The number of ether oxygens (including phenoxy) is 3. The number of hydrogen-bond acceptors (Lipinski definition) is 6. The van der Waals surface area contributed by atoms with Crippen LogP contribution in [0.2, 0.25) is 0 Å². The Morgan fingerprint density at radius 1 is 1.03 bits per heavy atom. The summed E-state index contributed by atoms with van der Waals surface area (Å²) in [6.07, 6.45) is 3.91. The van der Waals surface area contributed by atoms with Crippen molar-refractivity contribution in [2.75, 3.05) is 65.0 Å². The summed E-state index contributed by atoms with van der Waals surface area (Å²) in [5.74, 6) is 2.36. The van der Waals surface area contributed by atoms with Crippen molar-refractivity contribution < 1.29 is 19.0 Å². The summed E-state index contributed by atoms with van der Waals surface area (Å²) < 4.78 is 16.8. The molecule has 0 radical (unpaired) electrons. The molecule has 1 saturated heterocycles. The van der Waals surface area contributed by atoms with Crippen molar-refractivity contribution in [3.63, 3.8) is 0 Å². The van der Waals surface area contributed by atoms with E-state index in [-0.39, 0.29) is 6.04 Å². The van der Waals surface area contributed by atoms with Crippen LogP contribution in [0.4, 0.5) is 5.69 Å². The largest absolute Gasteiger partial charge is 0.497 e. The minimum atomic E-state index is 0.00487. The van der Waals surface area contributed by atoms with Crippen molar-refractivity contribution in [3.05, 3.63) is 47.7 Å². The zero-order valence-corrected chi connectivity index (χ0v) is 20.8. The molecule has 3 aromatic rings. The van der Waals surface area contributed by atoms with E-state index in [4.69, 9.17) is 14.2 Å². The highest BCUT2D eigenvalue weighted by molar-refractivity contribution is 5.94. The average Bonchev–Trinajstić information content (AvgIpc) is 3.32. The standard InChI is InChI=1S/C27H34N4O4/c1-4-35-27-15-21-19(13-26(27)34-3)7-8-31(18-32)25(21)17-29-9-11-30(12-10-29)24-16-28-23-6-5-20(33-2)14-22(23)24/h5-6,13-16,18,25,28H,4,7-12,17H2,1-3H3/t25-/m0/s1. The zero-order chi connectivity index (χ0) is 24.4. The number of nitrogens with one attached hydrogen (secondary N) is 1. The smallest absolute Gasteiger partial charge is 0.210 e. The highest BCUT2D eigenvalue weighted by Crippen LogP contribution is 2.38. The molecule has 1 N–H and O–H groups in total. The van der Waals surface area contributed by atoms with E-state index < -0.39 is 0 Å². The summed E-state index contributed by atoms with van der Waals surface area (Å²) in [6.45, 7) is 7.79. The fraction of sp³-hybridized carbons (Fsp3) is 0.444. The minimum Gasteiger partial charge on any atom is -0.497 e. The molecule has 2 aliphatic rings. The fourth-order valence-corrected chi connectivity index (χ4v) is 5.38. The molecule has 0 bridgehead atoms. The maximum atomic E-state index is 12.0. The first-order chi connectivity index (χ1) is 17.1. The number of benzene rings is 2. The maximum Gasteiger partial charge on any atom is 0.210 e. The van der Waals surface area contributed by atoms with Crippen molar-refractivity contribution in [1.29, 1.82) is 0 Å². The van der Waals surface area contributed by atoms with Crippen LogP contribution in [-0.2, 0) is 11.2 Å². The van der Waals surface area contributed by atoms with Gasteiger partial charge in [-0.05, 0) is 54.8 Å². The van der Waals surface area contributed by atoms with Gasteiger partial charge in [0.05, 0.1) is 32.6 Å². The van der Waals surface area contributed by atoms with E-state index in [1.807, 2.05) is 17.9 Å². The molecule has 3 heterocycles. The summed E-state index contributed by atoms with van der Waals surface area (Å²) >= 11 is 0. The van der Waals surface area contributed by atoms with Crippen LogP contribution in [0, 0.1) is 0 Å². The van der Waals surface area contributed by atoms with E-state index in [2.05, 4.69) is 45.2 Å². The van der Waals surface area contributed by atoms with Gasteiger partial charge in [-0.2, -0.15) is 0 Å². The van der Waals surface area contributed by atoms with Gasteiger partial charge in [-0.1, -0.05) is 0 Å². The second-order valence-electron chi connectivity index (χ2n) is 9.12. The molecule has 1 fully saturated rings. The van der Waals surface area contributed by atoms with Crippen molar-refractivity contribution in [2.24, 2.45) is 0 Å². The number of H-pyrrole nitrogens is 1. The third kappa shape index (κ3) is 4.50. The molecule has 8 nitrogen and oxygen atoms in total. The lowest BCUT2D eigenvalue weighted by Gasteiger charge is -2.41. The van der Waals surface area contributed by atoms with Crippen LogP contribution in [0.25, 0.3) is 10.9 Å². The van der Waals surface area contributed by atoms with Gasteiger partial charge in [0, 0.05) is 56.4 Å². The van der Waals surface area contributed by atoms with Gasteiger partial charge in [0.25, 0.3) is 0 Å². The third-order valence-electron chi connectivity index (χ3n) is 7.27. The quantitative estimate of drug-likeness (QED) is 0.500.